The zero-order chi connectivity index (χ0) is 20.1. The van der Waals surface area contributed by atoms with Gasteiger partial charge in [-0.1, -0.05) is 47.5 Å². The highest BCUT2D eigenvalue weighted by atomic mass is 35.5. The van der Waals surface area contributed by atoms with Gasteiger partial charge in [-0.25, -0.2) is 4.79 Å². The van der Waals surface area contributed by atoms with Crippen molar-refractivity contribution < 1.29 is 17.9 Å². The third kappa shape index (κ3) is 4.85. The summed E-state index contributed by atoms with van der Waals surface area (Å²) in [6, 6.07) is 20.7. The number of carbonyl (C=O) groups is 1. The van der Waals surface area contributed by atoms with Crippen molar-refractivity contribution in [3.63, 3.8) is 0 Å². The van der Waals surface area contributed by atoms with E-state index in [1.807, 2.05) is 6.92 Å². The minimum absolute atomic E-state index is 0.00840. The predicted molar refractivity (Wildman–Crippen MR) is 108 cm³/mol. The van der Waals surface area contributed by atoms with Crippen molar-refractivity contribution in [2.45, 2.75) is 11.8 Å². The van der Waals surface area contributed by atoms with Crippen LogP contribution in [0.5, 0.6) is 0 Å². The summed E-state index contributed by atoms with van der Waals surface area (Å²) in [5, 5.41) is 0.468. The van der Waals surface area contributed by atoms with Crippen LogP contribution < -0.4 is 0 Å². The van der Waals surface area contributed by atoms with Gasteiger partial charge in [-0.05, 0) is 55.5 Å². The summed E-state index contributed by atoms with van der Waals surface area (Å²) in [7, 11) is -4.07. The molecule has 5 nitrogen and oxygen atoms in total. The Morgan fingerprint density at radius 3 is 2.07 bits per heavy atom. The van der Waals surface area contributed by atoms with Gasteiger partial charge in [0.25, 0.3) is 10.0 Å². The smallest absolute Gasteiger partial charge is 0.344 e. The Labute approximate surface area is 168 Å². The zero-order valence-corrected chi connectivity index (χ0v) is 16.4. The van der Waals surface area contributed by atoms with Gasteiger partial charge in [0.15, 0.2) is 0 Å². The van der Waals surface area contributed by atoms with Crippen molar-refractivity contribution in [1.29, 1.82) is 0 Å². The lowest BCUT2D eigenvalue weighted by molar-refractivity contribution is 0.0718. The van der Waals surface area contributed by atoms with E-state index in [4.69, 9.17) is 16.3 Å². The second-order valence-corrected chi connectivity index (χ2v) is 7.99. The molecular formula is C21H16ClNO4S. The molecule has 0 amide bonds. The van der Waals surface area contributed by atoms with Crippen LogP contribution in [0.25, 0.3) is 0 Å². The molecule has 0 radical (unpaired) electrons. The van der Waals surface area contributed by atoms with E-state index in [2.05, 4.69) is 4.40 Å². The molecule has 0 bridgehead atoms. The molecule has 0 aliphatic carbocycles. The second kappa shape index (κ2) is 8.37. The Morgan fingerprint density at radius 1 is 0.857 bits per heavy atom. The fourth-order valence-corrected chi connectivity index (χ4v) is 3.39. The molecule has 0 saturated carbocycles. The minimum Gasteiger partial charge on any atom is -0.402 e. The highest BCUT2D eigenvalue weighted by molar-refractivity contribution is 7.90. The molecular weight excluding hydrogens is 398 g/mol. The molecule has 0 spiro atoms. The first-order valence-corrected chi connectivity index (χ1v) is 10.1. The number of hydrogen-bond acceptors (Lipinski definition) is 4. The highest BCUT2D eigenvalue weighted by Crippen LogP contribution is 2.17. The number of ether oxygens (including phenoxy) is 1. The Hall–Kier alpha value is -2.96. The van der Waals surface area contributed by atoms with Crippen molar-refractivity contribution in [2.24, 2.45) is 4.40 Å². The molecule has 3 rings (SSSR count). The first-order chi connectivity index (χ1) is 13.3. The van der Waals surface area contributed by atoms with Crippen LogP contribution in [0.4, 0.5) is 0 Å². The van der Waals surface area contributed by atoms with E-state index >= 15 is 0 Å². The molecule has 0 fully saturated rings. The standard InChI is InChI=1S/C21H16ClNO4S/c1-15-7-13-19(14-8-15)28(25,26)23-20(16-5-3-2-4-6-16)27-21(24)17-9-11-18(22)12-10-17/h2-14H,1H3. The third-order valence-electron chi connectivity index (χ3n) is 3.81. The number of hydrogen-bond donors (Lipinski definition) is 0. The molecule has 0 heterocycles. The third-order valence-corrected chi connectivity index (χ3v) is 5.34. The summed E-state index contributed by atoms with van der Waals surface area (Å²) in [6.45, 7) is 1.85. The van der Waals surface area contributed by atoms with Crippen molar-refractivity contribution in [3.05, 3.63) is 101 Å². The summed E-state index contributed by atoms with van der Waals surface area (Å²) in [5.74, 6) is -1.04. The second-order valence-electron chi connectivity index (χ2n) is 5.95. The molecule has 0 aliphatic rings. The summed E-state index contributed by atoms with van der Waals surface area (Å²) in [4.78, 5) is 12.5. The molecule has 0 N–H and O–H groups in total. The number of halogens is 1. The van der Waals surface area contributed by atoms with Crippen LogP contribution in [-0.2, 0) is 14.8 Å². The van der Waals surface area contributed by atoms with Crippen molar-refractivity contribution in [1.82, 2.24) is 0 Å². The van der Waals surface area contributed by atoms with Crippen LogP contribution in [0.3, 0.4) is 0 Å². The van der Waals surface area contributed by atoms with E-state index in [-0.39, 0.29) is 16.4 Å². The van der Waals surface area contributed by atoms with Gasteiger partial charge in [0.2, 0.25) is 5.90 Å². The van der Waals surface area contributed by atoms with Gasteiger partial charge in [-0.2, -0.15) is 8.42 Å². The summed E-state index contributed by atoms with van der Waals surface area (Å²) < 4.78 is 34.5. The fraction of sp³-hybridized carbons (Fsp3) is 0.0476. The first kappa shape index (κ1) is 19.8. The Morgan fingerprint density at radius 2 is 1.46 bits per heavy atom. The topological polar surface area (TPSA) is 72.8 Å². The molecule has 7 heteroatoms. The van der Waals surface area contributed by atoms with Crippen LogP contribution >= 0.6 is 11.6 Å². The van der Waals surface area contributed by atoms with Crippen molar-refractivity contribution in [3.8, 4) is 0 Å². The number of carbonyl (C=O) groups excluding carboxylic acids is 1. The summed E-state index contributed by atoms with van der Waals surface area (Å²) in [5.41, 5.74) is 1.50. The number of rotatable bonds is 4. The highest BCUT2D eigenvalue weighted by Gasteiger charge is 2.19. The SMILES string of the molecule is Cc1ccc(S(=O)(=O)N=C(OC(=O)c2ccc(Cl)cc2)c2ccccc2)cc1. The molecule has 3 aromatic carbocycles. The van der Waals surface area contributed by atoms with Gasteiger partial charge in [0.1, 0.15) is 0 Å². The van der Waals surface area contributed by atoms with E-state index in [1.54, 1.807) is 54.6 Å². The Bertz CT molecular complexity index is 1110. The quantitative estimate of drug-likeness (QED) is 0.355. The lowest BCUT2D eigenvalue weighted by atomic mass is 10.2. The lowest BCUT2D eigenvalue weighted by Gasteiger charge is -2.09. The average molecular weight is 414 g/mol. The van der Waals surface area contributed by atoms with Crippen LogP contribution in [0.2, 0.25) is 5.02 Å². The number of aryl methyl sites for hydroxylation is 1. The Balaban J connectivity index is 1.99. The van der Waals surface area contributed by atoms with Crippen LogP contribution in [0.15, 0.2) is 88.2 Å². The number of benzene rings is 3. The number of nitrogens with zero attached hydrogens (tertiary/aromatic N) is 1. The zero-order valence-electron chi connectivity index (χ0n) is 14.9. The van der Waals surface area contributed by atoms with Crippen LogP contribution in [-0.4, -0.2) is 20.3 Å². The van der Waals surface area contributed by atoms with Gasteiger partial charge in [0, 0.05) is 10.6 Å². The van der Waals surface area contributed by atoms with Gasteiger partial charge in [-0.15, -0.1) is 4.40 Å². The molecule has 28 heavy (non-hydrogen) atoms. The van der Waals surface area contributed by atoms with Gasteiger partial charge >= 0.3 is 5.97 Å². The maximum Gasteiger partial charge on any atom is 0.344 e. The molecule has 0 saturated heterocycles. The van der Waals surface area contributed by atoms with E-state index in [0.29, 0.717) is 10.6 Å². The average Bonchev–Trinajstić information content (AvgIpc) is 2.69. The van der Waals surface area contributed by atoms with E-state index in [1.165, 1.54) is 24.3 Å². The first-order valence-electron chi connectivity index (χ1n) is 8.30. The molecule has 0 atom stereocenters. The minimum atomic E-state index is -4.07. The largest absolute Gasteiger partial charge is 0.402 e. The van der Waals surface area contributed by atoms with Gasteiger partial charge < -0.3 is 4.74 Å². The summed E-state index contributed by atoms with van der Waals surface area (Å²) >= 11 is 5.83. The fourth-order valence-electron chi connectivity index (χ4n) is 2.32. The van der Waals surface area contributed by atoms with E-state index in [0.717, 1.165) is 5.56 Å². The molecule has 0 aliphatic heterocycles. The normalized spacial score (nSPS) is 11.9. The lowest BCUT2D eigenvalue weighted by Crippen LogP contribution is -2.16. The molecule has 0 aromatic heterocycles. The van der Waals surface area contributed by atoms with Crippen molar-refractivity contribution >= 4 is 33.5 Å². The number of esters is 1. The predicted octanol–water partition coefficient (Wildman–Crippen LogP) is 4.64. The van der Waals surface area contributed by atoms with Crippen molar-refractivity contribution in [2.75, 3.05) is 0 Å². The maximum absolute atomic E-state index is 12.7. The maximum atomic E-state index is 12.7. The summed E-state index contributed by atoms with van der Waals surface area (Å²) in [6.07, 6.45) is 0. The molecule has 3 aromatic rings. The molecule has 142 valence electrons. The van der Waals surface area contributed by atoms with E-state index < -0.39 is 16.0 Å². The Kier molecular flexibility index (Phi) is 5.92. The monoisotopic (exact) mass is 413 g/mol. The van der Waals surface area contributed by atoms with Gasteiger partial charge in [0.05, 0.1) is 10.5 Å². The number of sulfonamides is 1. The van der Waals surface area contributed by atoms with Crippen LogP contribution in [0.1, 0.15) is 21.5 Å². The van der Waals surface area contributed by atoms with E-state index in [9.17, 15) is 13.2 Å². The van der Waals surface area contributed by atoms with Crippen LogP contribution in [0, 0.1) is 6.92 Å². The van der Waals surface area contributed by atoms with Gasteiger partial charge in [-0.3, -0.25) is 0 Å². The molecule has 0 unspecified atom stereocenters.